The number of rotatable bonds is 10. The van der Waals surface area contributed by atoms with Gasteiger partial charge in [0.25, 0.3) is 11.6 Å². The van der Waals surface area contributed by atoms with Gasteiger partial charge in [0, 0.05) is 62.9 Å². The number of non-ortho nitro benzene ring substituents is 1. The molecule has 0 aromatic heterocycles. The smallest absolute Gasteiger partial charge is 0.269 e. The summed E-state index contributed by atoms with van der Waals surface area (Å²) in [7, 11) is 1.62. The van der Waals surface area contributed by atoms with Gasteiger partial charge in [-0.1, -0.05) is 6.92 Å². The number of nitrogens with one attached hydrogen (secondary N) is 2. The lowest BCUT2D eigenvalue weighted by atomic mass is 9.97. The quantitative estimate of drug-likeness (QED) is 0.227. The maximum atomic E-state index is 13.0. The second-order valence-corrected chi connectivity index (χ2v) is 8.67. The molecule has 3 rings (SSSR count). The Labute approximate surface area is 205 Å². The van der Waals surface area contributed by atoms with Gasteiger partial charge in [0.05, 0.1) is 10.5 Å². The molecule has 35 heavy (non-hydrogen) atoms. The van der Waals surface area contributed by atoms with Gasteiger partial charge in [0.2, 0.25) is 5.91 Å². The highest BCUT2D eigenvalue weighted by molar-refractivity contribution is 6.05. The normalized spacial score (nSPS) is 14.2. The van der Waals surface area contributed by atoms with E-state index in [0.29, 0.717) is 42.3 Å². The van der Waals surface area contributed by atoms with Crippen molar-refractivity contribution in [3.63, 3.8) is 0 Å². The van der Waals surface area contributed by atoms with Crippen LogP contribution >= 0.6 is 0 Å². The van der Waals surface area contributed by atoms with Gasteiger partial charge in [-0.2, -0.15) is 0 Å². The predicted octanol–water partition coefficient (Wildman–Crippen LogP) is 4.25. The third-order valence-electron chi connectivity index (χ3n) is 5.97. The standard InChI is InChI=1S/C26H32N4O5/c1-19-12-15-29(16-13-19)24-10-7-21(18-23(24)26(32)27-14-3-17-35-2)28-25(31)11-6-20-4-8-22(9-5-20)30(33)34/h4-11,18-19H,3,12-17H2,1-2H3,(H,27,32)(H,28,31)/b11-6+. The highest BCUT2D eigenvalue weighted by Gasteiger charge is 2.21. The van der Waals surface area contributed by atoms with Gasteiger partial charge in [0.1, 0.15) is 0 Å². The molecule has 0 aliphatic carbocycles. The van der Waals surface area contributed by atoms with Crippen molar-refractivity contribution in [2.45, 2.75) is 26.2 Å². The Bertz CT molecular complexity index is 1060. The van der Waals surface area contributed by atoms with Crippen LogP contribution in [-0.2, 0) is 9.53 Å². The van der Waals surface area contributed by atoms with Crippen LogP contribution in [0.2, 0.25) is 0 Å². The molecule has 0 bridgehead atoms. The molecule has 0 spiro atoms. The minimum atomic E-state index is -0.473. The SMILES string of the molecule is COCCCNC(=O)c1cc(NC(=O)/C=C/c2ccc([N+](=O)[O-])cc2)ccc1N1CCC(C)CC1. The van der Waals surface area contributed by atoms with Crippen molar-refractivity contribution < 1.29 is 19.2 Å². The first-order valence-corrected chi connectivity index (χ1v) is 11.8. The number of nitro benzene ring substituents is 1. The Morgan fingerprint density at radius 2 is 1.89 bits per heavy atom. The third-order valence-corrected chi connectivity index (χ3v) is 5.97. The van der Waals surface area contributed by atoms with E-state index in [1.807, 2.05) is 6.07 Å². The fourth-order valence-corrected chi connectivity index (χ4v) is 3.90. The number of benzene rings is 2. The molecular formula is C26H32N4O5. The predicted molar refractivity (Wildman–Crippen MR) is 137 cm³/mol. The Balaban J connectivity index is 1.72. The van der Waals surface area contributed by atoms with Crippen molar-refractivity contribution in [2.75, 3.05) is 43.6 Å². The maximum Gasteiger partial charge on any atom is 0.269 e. The second-order valence-electron chi connectivity index (χ2n) is 8.67. The van der Waals surface area contributed by atoms with Crippen molar-refractivity contribution in [3.8, 4) is 0 Å². The van der Waals surface area contributed by atoms with Gasteiger partial charge in [-0.05, 0) is 67.2 Å². The highest BCUT2D eigenvalue weighted by atomic mass is 16.6. The van der Waals surface area contributed by atoms with Crippen molar-refractivity contribution in [1.29, 1.82) is 0 Å². The number of carbonyl (C=O) groups excluding carboxylic acids is 2. The first-order chi connectivity index (χ1) is 16.9. The van der Waals surface area contributed by atoms with Crippen molar-refractivity contribution in [3.05, 3.63) is 69.8 Å². The van der Waals surface area contributed by atoms with E-state index in [2.05, 4.69) is 22.5 Å². The first kappa shape index (κ1) is 25.9. The van der Waals surface area contributed by atoms with E-state index in [9.17, 15) is 19.7 Å². The number of piperidine rings is 1. The summed E-state index contributed by atoms with van der Waals surface area (Å²) in [6, 6.07) is 11.3. The molecule has 1 saturated heterocycles. The Kier molecular flexibility index (Phi) is 9.37. The number of amides is 2. The summed E-state index contributed by atoms with van der Waals surface area (Å²) in [6.45, 7) is 5.07. The van der Waals surface area contributed by atoms with Crippen LogP contribution in [-0.4, -0.2) is 50.1 Å². The summed E-state index contributed by atoms with van der Waals surface area (Å²) in [4.78, 5) is 38.0. The molecule has 1 fully saturated rings. The van der Waals surface area contributed by atoms with Crippen molar-refractivity contribution in [2.24, 2.45) is 5.92 Å². The van der Waals surface area contributed by atoms with E-state index in [0.717, 1.165) is 31.6 Å². The van der Waals surface area contributed by atoms with Crippen LogP contribution in [0.25, 0.3) is 6.08 Å². The molecule has 9 heteroatoms. The number of hydrogen-bond donors (Lipinski definition) is 2. The van der Waals surface area contributed by atoms with Gasteiger partial charge >= 0.3 is 0 Å². The van der Waals surface area contributed by atoms with Crippen LogP contribution in [0.1, 0.15) is 42.1 Å². The highest BCUT2D eigenvalue weighted by Crippen LogP contribution is 2.29. The van der Waals surface area contributed by atoms with E-state index in [-0.39, 0.29) is 17.5 Å². The number of nitro groups is 1. The fraction of sp³-hybridized carbons (Fsp3) is 0.385. The van der Waals surface area contributed by atoms with Crippen LogP contribution in [0.4, 0.5) is 17.1 Å². The molecule has 9 nitrogen and oxygen atoms in total. The lowest BCUT2D eigenvalue weighted by Crippen LogP contribution is -2.35. The fourth-order valence-electron chi connectivity index (χ4n) is 3.90. The van der Waals surface area contributed by atoms with E-state index >= 15 is 0 Å². The molecule has 0 atom stereocenters. The Morgan fingerprint density at radius 3 is 2.54 bits per heavy atom. The maximum absolute atomic E-state index is 13.0. The van der Waals surface area contributed by atoms with Gasteiger partial charge in [-0.25, -0.2) is 0 Å². The van der Waals surface area contributed by atoms with Crippen LogP contribution < -0.4 is 15.5 Å². The molecular weight excluding hydrogens is 448 g/mol. The molecule has 2 aromatic rings. The number of hydrogen-bond acceptors (Lipinski definition) is 6. The van der Waals surface area contributed by atoms with Crippen molar-refractivity contribution >= 4 is 35.0 Å². The van der Waals surface area contributed by atoms with E-state index in [1.54, 1.807) is 37.5 Å². The zero-order valence-corrected chi connectivity index (χ0v) is 20.2. The van der Waals surface area contributed by atoms with Crippen molar-refractivity contribution in [1.82, 2.24) is 5.32 Å². The number of methoxy groups -OCH3 is 1. The molecule has 0 unspecified atom stereocenters. The lowest BCUT2D eigenvalue weighted by molar-refractivity contribution is -0.384. The van der Waals surface area contributed by atoms with Crippen LogP contribution in [0.5, 0.6) is 0 Å². The molecule has 2 aromatic carbocycles. The first-order valence-electron chi connectivity index (χ1n) is 11.8. The Morgan fingerprint density at radius 1 is 1.17 bits per heavy atom. The molecule has 2 N–H and O–H groups in total. The van der Waals surface area contributed by atoms with E-state index in [4.69, 9.17) is 4.74 Å². The van der Waals surface area contributed by atoms with Crippen LogP contribution in [0.3, 0.4) is 0 Å². The third kappa shape index (κ3) is 7.65. The largest absolute Gasteiger partial charge is 0.385 e. The Hall–Kier alpha value is -3.72. The summed E-state index contributed by atoms with van der Waals surface area (Å²) >= 11 is 0. The molecule has 186 valence electrons. The summed E-state index contributed by atoms with van der Waals surface area (Å²) in [5, 5.41) is 16.5. The van der Waals surface area contributed by atoms with E-state index in [1.165, 1.54) is 18.2 Å². The summed E-state index contributed by atoms with van der Waals surface area (Å²) in [5.74, 6) is 0.111. The molecule has 2 amide bonds. The number of anilines is 2. The lowest BCUT2D eigenvalue weighted by Gasteiger charge is -2.33. The number of carbonyl (C=O) groups is 2. The summed E-state index contributed by atoms with van der Waals surface area (Å²) < 4.78 is 5.05. The topological polar surface area (TPSA) is 114 Å². The molecule has 0 radical (unpaired) electrons. The zero-order valence-electron chi connectivity index (χ0n) is 20.2. The van der Waals surface area contributed by atoms with Crippen LogP contribution in [0, 0.1) is 16.0 Å². The average molecular weight is 481 g/mol. The van der Waals surface area contributed by atoms with Gasteiger partial charge < -0.3 is 20.3 Å². The van der Waals surface area contributed by atoms with E-state index < -0.39 is 4.92 Å². The molecule has 1 heterocycles. The monoisotopic (exact) mass is 480 g/mol. The molecule has 1 aliphatic rings. The molecule has 1 aliphatic heterocycles. The summed E-state index contributed by atoms with van der Waals surface area (Å²) in [6.07, 6.45) is 5.78. The van der Waals surface area contributed by atoms with Gasteiger partial charge in [0.15, 0.2) is 0 Å². The summed E-state index contributed by atoms with van der Waals surface area (Å²) in [5.41, 5.74) is 2.55. The van der Waals surface area contributed by atoms with Gasteiger partial charge in [-0.15, -0.1) is 0 Å². The second kappa shape index (κ2) is 12.7. The minimum absolute atomic E-state index is 0.0112. The molecule has 0 saturated carbocycles. The van der Waals surface area contributed by atoms with Gasteiger partial charge in [-0.3, -0.25) is 19.7 Å². The average Bonchev–Trinajstić information content (AvgIpc) is 2.86. The van der Waals surface area contributed by atoms with Crippen LogP contribution in [0.15, 0.2) is 48.5 Å². The number of ether oxygens (including phenoxy) is 1. The number of nitrogens with zero attached hydrogens (tertiary/aromatic N) is 2. The zero-order chi connectivity index (χ0) is 25.2. The minimum Gasteiger partial charge on any atom is -0.385 e.